The fourth-order valence-corrected chi connectivity index (χ4v) is 3.11. The van der Waals surface area contributed by atoms with Crippen LogP contribution in [0.15, 0.2) is 53.9 Å². The lowest BCUT2D eigenvalue weighted by Gasteiger charge is -2.15. The number of nitrogens with zero attached hydrogens (tertiary/aromatic N) is 2. The fourth-order valence-electron chi connectivity index (χ4n) is 2.49. The van der Waals surface area contributed by atoms with Gasteiger partial charge in [-0.2, -0.15) is 5.26 Å². The van der Waals surface area contributed by atoms with Gasteiger partial charge in [0.1, 0.15) is 5.75 Å². The number of rotatable bonds is 6. The average molecular weight is 377 g/mol. The third-order valence-corrected chi connectivity index (χ3v) is 4.77. The summed E-state index contributed by atoms with van der Waals surface area (Å²) in [5.41, 5.74) is 3.59. The van der Waals surface area contributed by atoms with E-state index in [4.69, 9.17) is 10.00 Å². The van der Waals surface area contributed by atoms with Gasteiger partial charge in [0.05, 0.1) is 22.3 Å². The van der Waals surface area contributed by atoms with Gasteiger partial charge in [-0.3, -0.25) is 4.79 Å². The van der Waals surface area contributed by atoms with Crippen LogP contribution in [0.5, 0.6) is 5.75 Å². The molecule has 0 bridgehead atoms. The van der Waals surface area contributed by atoms with Gasteiger partial charge in [0.2, 0.25) is 0 Å². The summed E-state index contributed by atoms with van der Waals surface area (Å²) in [4.78, 5) is 16.7. The molecule has 2 aromatic carbocycles. The second-order valence-electron chi connectivity index (χ2n) is 6.06. The molecule has 1 N–H and O–H groups in total. The van der Waals surface area contributed by atoms with Gasteiger partial charge >= 0.3 is 0 Å². The van der Waals surface area contributed by atoms with E-state index in [1.807, 2.05) is 42.6 Å². The molecule has 5 nitrogen and oxygen atoms in total. The van der Waals surface area contributed by atoms with Crippen molar-refractivity contribution in [2.75, 3.05) is 0 Å². The lowest BCUT2D eigenvalue weighted by Crippen LogP contribution is -2.35. The molecular formula is C21H19N3O2S. The van der Waals surface area contributed by atoms with Crippen molar-refractivity contribution in [2.24, 2.45) is 0 Å². The summed E-state index contributed by atoms with van der Waals surface area (Å²) < 4.78 is 5.61. The van der Waals surface area contributed by atoms with E-state index in [9.17, 15) is 4.79 Å². The van der Waals surface area contributed by atoms with Crippen LogP contribution in [-0.2, 0) is 11.3 Å². The lowest BCUT2D eigenvalue weighted by molar-refractivity contribution is -0.127. The Morgan fingerprint density at radius 1 is 1.22 bits per heavy atom. The van der Waals surface area contributed by atoms with Gasteiger partial charge < -0.3 is 10.1 Å². The summed E-state index contributed by atoms with van der Waals surface area (Å²) in [6.45, 7) is 4.11. The van der Waals surface area contributed by atoms with Crippen LogP contribution >= 0.6 is 11.3 Å². The molecule has 0 unspecified atom stereocenters. The summed E-state index contributed by atoms with van der Waals surface area (Å²) in [5, 5.41) is 14.8. The molecule has 0 saturated carbocycles. The van der Waals surface area contributed by atoms with Crippen molar-refractivity contribution in [3.8, 4) is 23.1 Å². The van der Waals surface area contributed by atoms with Crippen LogP contribution in [0.4, 0.5) is 0 Å². The number of carbonyl (C=O) groups excluding carboxylic acids is 1. The Morgan fingerprint density at radius 2 is 1.93 bits per heavy atom. The summed E-state index contributed by atoms with van der Waals surface area (Å²) >= 11 is 1.63. The van der Waals surface area contributed by atoms with Gasteiger partial charge in [-0.15, -0.1) is 11.3 Å². The van der Waals surface area contributed by atoms with Crippen LogP contribution in [0.3, 0.4) is 0 Å². The predicted molar refractivity (Wildman–Crippen MR) is 105 cm³/mol. The van der Waals surface area contributed by atoms with Gasteiger partial charge in [0.15, 0.2) is 6.10 Å². The SMILES string of the molecule is Cc1nc(-c2ccc(CNC(=O)[C@H](C)Oc3ccc(C#N)cc3)cc2)cs1. The van der Waals surface area contributed by atoms with Crippen LogP contribution in [0.2, 0.25) is 0 Å². The van der Waals surface area contributed by atoms with Crippen LogP contribution in [-0.4, -0.2) is 17.0 Å². The zero-order valence-corrected chi connectivity index (χ0v) is 15.9. The maximum Gasteiger partial charge on any atom is 0.261 e. The number of hydrogen-bond donors (Lipinski definition) is 1. The topological polar surface area (TPSA) is 75.0 Å². The first kappa shape index (κ1) is 18.6. The monoisotopic (exact) mass is 377 g/mol. The number of aromatic nitrogens is 1. The number of nitrogens with one attached hydrogen (secondary N) is 1. The highest BCUT2D eigenvalue weighted by molar-refractivity contribution is 7.09. The molecular weight excluding hydrogens is 358 g/mol. The van der Waals surface area contributed by atoms with Crippen molar-refractivity contribution in [3.63, 3.8) is 0 Å². The van der Waals surface area contributed by atoms with E-state index in [1.54, 1.807) is 42.5 Å². The van der Waals surface area contributed by atoms with Gasteiger partial charge in [-0.05, 0) is 43.7 Å². The molecule has 0 radical (unpaired) electrons. The smallest absolute Gasteiger partial charge is 0.261 e. The molecule has 0 spiro atoms. The average Bonchev–Trinajstić information content (AvgIpc) is 3.13. The maximum atomic E-state index is 12.2. The Bertz CT molecular complexity index is 956. The number of amides is 1. The zero-order valence-electron chi connectivity index (χ0n) is 15.1. The molecule has 1 heterocycles. The third kappa shape index (κ3) is 4.93. The molecule has 0 aliphatic rings. The van der Waals surface area contributed by atoms with Gasteiger partial charge in [-0.25, -0.2) is 4.98 Å². The fraction of sp³-hybridized carbons (Fsp3) is 0.190. The number of thiazole rings is 1. The largest absolute Gasteiger partial charge is 0.481 e. The highest BCUT2D eigenvalue weighted by atomic mass is 32.1. The Morgan fingerprint density at radius 3 is 2.52 bits per heavy atom. The Hall–Kier alpha value is -3.17. The van der Waals surface area contributed by atoms with Crippen LogP contribution < -0.4 is 10.1 Å². The summed E-state index contributed by atoms with van der Waals surface area (Å²) in [5.74, 6) is 0.359. The number of nitriles is 1. The molecule has 136 valence electrons. The molecule has 0 fully saturated rings. The number of hydrogen-bond acceptors (Lipinski definition) is 5. The molecule has 0 aliphatic heterocycles. The van der Waals surface area contributed by atoms with Crippen molar-refractivity contribution in [3.05, 3.63) is 70.0 Å². The van der Waals surface area contributed by atoms with Crippen molar-refractivity contribution < 1.29 is 9.53 Å². The minimum atomic E-state index is -0.629. The standard InChI is InChI=1S/C21H19N3O2S/c1-14(26-19-9-5-16(11-22)6-10-19)21(25)23-12-17-3-7-18(8-4-17)20-13-27-15(2)24-20/h3-10,13-14H,12H2,1-2H3,(H,23,25)/t14-/m0/s1. The third-order valence-electron chi connectivity index (χ3n) is 4.00. The van der Waals surface area contributed by atoms with E-state index in [1.165, 1.54) is 0 Å². The first-order chi connectivity index (χ1) is 13.0. The Balaban J connectivity index is 1.52. The molecule has 0 aliphatic carbocycles. The van der Waals surface area contributed by atoms with Gasteiger partial charge in [0.25, 0.3) is 5.91 Å². The van der Waals surface area contributed by atoms with E-state index in [0.717, 1.165) is 21.8 Å². The van der Waals surface area contributed by atoms with E-state index in [0.29, 0.717) is 17.9 Å². The van der Waals surface area contributed by atoms with Gasteiger partial charge in [0, 0.05) is 17.5 Å². The molecule has 27 heavy (non-hydrogen) atoms. The normalized spacial score (nSPS) is 11.4. The van der Waals surface area contributed by atoms with Crippen molar-refractivity contribution in [1.82, 2.24) is 10.3 Å². The second-order valence-corrected chi connectivity index (χ2v) is 7.12. The summed E-state index contributed by atoms with van der Waals surface area (Å²) in [6.07, 6.45) is -0.629. The summed E-state index contributed by atoms with van der Waals surface area (Å²) in [7, 11) is 0. The first-order valence-electron chi connectivity index (χ1n) is 8.51. The minimum Gasteiger partial charge on any atom is -0.481 e. The van der Waals surface area contributed by atoms with E-state index < -0.39 is 6.10 Å². The molecule has 3 rings (SSSR count). The Kier molecular flexibility index (Phi) is 5.84. The Labute approximate surface area is 162 Å². The molecule has 1 amide bonds. The highest BCUT2D eigenvalue weighted by Gasteiger charge is 2.14. The molecule has 3 aromatic rings. The van der Waals surface area contributed by atoms with Crippen molar-refractivity contribution in [2.45, 2.75) is 26.5 Å². The molecule has 0 saturated heterocycles. The van der Waals surface area contributed by atoms with Crippen LogP contribution in [0.1, 0.15) is 23.1 Å². The van der Waals surface area contributed by atoms with Crippen LogP contribution in [0, 0.1) is 18.3 Å². The van der Waals surface area contributed by atoms with Crippen molar-refractivity contribution in [1.29, 1.82) is 5.26 Å². The number of ether oxygens (including phenoxy) is 1. The van der Waals surface area contributed by atoms with E-state index in [2.05, 4.69) is 10.3 Å². The van der Waals surface area contributed by atoms with E-state index >= 15 is 0 Å². The minimum absolute atomic E-state index is 0.196. The van der Waals surface area contributed by atoms with E-state index in [-0.39, 0.29) is 5.91 Å². The number of benzene rings is 2. The second kappa shape index (κ2) is 8.47. The quantitative estimate of drug-likeness (QED) is 0.702. The summed E-state index contributed by atoms with van der Waals surface area (Å²) in [6, 6.07) is 16.7. The van der Waals surface area contributed by atoms with Gasteiger partial charge in [-0.1, -0.05) is 24.3 Å². The highest BCUT2D eigenvalue weighted by Crippen LogP contribution is 2.21. The predicted octanol–water partition coefficient (Wildman–Crippen LogP) is 4.07. The molecule has 1 aromatic heterocycles. The lowest BCUT2D eigenvalue weighted by atomic mass is 10.1. The number of carbonyl (C=O) groups is 1. The van der Waals surface area contributed by atoms with Crippen LogP contribution in [0.25, 0.3) is 11.3 Å². The first-order valence-corrected chi connectivity index (χ1v) is 9.39. The zero-order chi connectivity index (χ0) is 19.2. The molecule has 6 heteroatoms. The maximum absolute atomic E-state index is 12.2. The number of aryl methyl sites for hydroxylation is 1. The molecule has 1 atom stereocenters. The van der Waals surface area contributed by atoms with Crippen molar-refractivity contribution >= 4 is 17.2 Å².